The SMILES string of the molecule is CCN(CC(=O)Nc1cccc(OC)c1)Cc1ccc(S(=O)(=O)N2CCCC2)o1. The summed E-state index contributed by atoms with van der Waals surface area (Å²) in [5.74, 6) is 1.01. The molecule has 1 fully saturated rings. The summed E-state index contributed by atoms with van der Waals surface area (Å²) < 4.78 is 37.4. The minimum absolute atomic E-state index is 0.0358. The van der Waals surface area contributed by atoms with Crippen molar-refractivity contribution >= 4 is 21.6 Å². The van der Waals surface area contributed by atoms with Crippen LogP contribution in [0, 0.1) is 0 Å². The Morgan fingerprint density at radius 3 is 2.69 bits per heavy atom. The van der Waals surface area contributed by atoms with Crippen LogP contribution in [0.5, 0.6) is 5.75 Å². The predicted molar refractivity (Wildman–Crippen MR) is 109 cm³/mol. The molecule has 0 atom stereocenters. The van der Waals surface area contributed by atoms with Gasteiger partial charge in [0.25, 0.3) is 10.0 Å². The van der Waals surface area contributed by atoms with Gasteiger partial charge in [-0.2, -0.15) is 4.31 Å². The van der Waals surface area contributed by atoms with Gasteiger partial charge in [-0.1, -0.05) is 13.0 Å². The number of nitrogens with zero attached hydrogens (tertiary/aromatic N) is 2. The molecule has 0 bridgehead atoms. The molecule has 0 radical (unpaired) electrons. The van der Waals surface area contributed by atoms with Gasteiger partial charge >= 0.3 is 0 Å². The van der Waals surface area contributed by atoms with Crippen molar-refractivity contribution in [3.8, 4) is 5.75 Å². The number of hydrogen-bond acceptors (Lipinski definition) is 6. The van der Waals surface area contributed by atoms with E-state index < -0.39 is 10.0 Å². The lowest BCUT2D eigenvalue weighted by molar-refractivity contribution is -0.117. The third-order valence-electron chi connectivity index (χ3n) is 4.84. The molecule has 1 aliphatic heterocycles. The summed E-state index contributed by atoms with van der Waals surface area (Å²) in [6, 6.07) is 10.3. The summed E-state index contributed by atoms with van der Waals surface area (Å²) in [5, 5.41) is 2.80. The first-order chi connectivity index (χ1) is 13.9. The van der Waals surface area contributed by atoms with E-state index in [4.69, 9.17) is 9.15 Å². The first-order valence-corrected chi connectivity index (χ1v) is 11.1. The number of rotatable bonds is 9. The number of anilines is 1. The second-order valence-corrected chi connectivity index (χ2v) is 8.78. The molecule has 8 nitrogen and oxygen atoms in total. The third-order valence-corrected chi connectivity index (χ3v) is 6.62. The first kappa shape index (κ1) is 21.4. The zero-order valence-corrected chi connectivity index (χ0v) is 17.6. The molecule has 0 saturated carbocycles. The van der Waals surface area contributed by atoms with Crippen molar-refractivity contribution in [1.82, 2.24) is 9.21 Å². The van der Waals surface area contributed by atoms with E-state index in [9.17, 15) is 13.2 Å². The molecular weight excluding hydrogens is 394 g/mol. The lowest BCUT2D eigenvalue weighted by Gasteiger charge is -2.19. The average Bonchev–Trinajstić information content (AvgIpc) is 3.40. The maximum absolute atomic E-state index is 12.6. The Hall–Kier alpha value is -2.36. The highest BCUT2D eigenvalue weighted by atomic mass is 32.2. The standard InChI is InChI=1S/C20H27N3O5S/c1-3-22(15-19(24)21-16-7-6-8-17(13-16)27-2)14-18-9-10-20(28-18)29(25,26)23-11-4-5-12-23/h6-10,13H,3-5,11-12,14-15H2,1-2H3,(H,21,24). The van der Waals surface area contributed by atoms with E-state index in [0.717, 1.165) is 12.8 Å². The summed E-state index contributed by atoms with van der Waals surface area (Å²) in [6.07, 6.45) is 1.75. The Labute approximate surface area is 171 Å². The number of methoxy groups -OCH3 is 1. The van der Waals surface area contributed by atoms with Crippen LogP contribution in [0.2, 0.25) is 0 Å². The van der Waals surface area contributed by atoms with Gasteiger partial charge in [-0.25, -0.2) is 8.42 Å². The van der Waals surface area contributed by atoms with Crippen LogP contribution in [0.15, 0.2) is 45.9 Å². The van der Waals surface area contributed by atoms with Crippen LogP contribution < -0.4 is 10.1 Å². The quantitative estimate of drug-likeness (QED) is 0.669. The Morgan fingerprint density at radius 2 is 2.00 bits per heavy atom. The number of benzene rings is 1. The highest BCUT2D eigenvalue weighted by Crippen LogP contribution is 2.23. The largest absolute Gasteiger partial charge is 0.497 e. The second-order valence-electron chi connectivity index (χ2n) is 6.92. The Balaban J connectivity index is 1.59. The molecule has 9 heteroatoms. The van der Waals surface area contributed by atoms with Crippen LogP contribution in [0.4, 0.5) is 5.69 Å². The lowest BCUT2D eigenvalue weighted by atomic mass is 10.3. The van der Waals surface area contributed by atoms with Gasteiger partial charge in [-0.05, 0) is 43.7 Å². The smallest absolute Gasteiger partial charge is 0.276 e. The minimum atomic E-state index is -3.57. The van der Waals surface area contributed by atoms with Crippen molar-refractivity contribution in [2.24, 2.45) is 0 Å². The van der Waals surface area contributed by atoms with Gasteiger partial charge in [-0.15, -0.1) is 0 Å². The molecule has 1 amide bonds. The summed E-state index contributed by atoms with van der Waals surface area (Å²) in [6.45, 7) is 4.11. The van der Waals surface area contributed by atoms with Crippen LogP contribution in [0.3, 0.4) is 0 Å². The van der Waals surface area contributed by atoms with Crippen LogP contribution in [-0.4, -0.2) is 56.8 Å². The Morgan fingerprint density at radius 1 is 1.24 bits per heavy atom. The molecule has 29 heavy (non-hydrogen) atoms. The van der Waals surface area contributed by atoms with E-state index >= 15 is 0 Å². The molecule has 1 aromatic heterocycles. The first-order valence-electron chi connectivity index (χ1n) is 9.67. The van der Waals surface area contributed by atoms with E-state index in [1.54, 1.807) is 37.4 Å². The highest BCUT2D eigenvalue weighted by molar-refractivity contribution is 7.89. The van der Waals surface area contributed by atoms with Crippen molar-refractivity contribution in [1.29, 1.82) is 0 Å². The molecule has 2 heterocycles. The number of carbonyl (C=O) groups excluding carboxylic acids is 1. The molecule has 0 unspecified atom stereocenters. The van der Waals surface area contributed by atoms with Crippen molar-refractivity contribution in [2.75, 3.05) is 38.6 Å². The fourth-order valence-corrected chi connectivity index (χ4v) is 4.69. The molecule has 1 aliphatic rings. The molecule has 1 aromatic carbocycles. The van der Waals surface area contributed by atoms with Gasteiger partial charge in [0.05, 0.1) is 20.2 Å². The lowest BCUT2D eigenvalue weighted by Crippen LogP contribution is -2.32. The molecule has 3 rings (SSSR count). The Kier molecular flexibility index (Phi) is 6.94. The van der Waals surface area contributed by atoms with E-state index in [0.29, 0.717) is 43.4 Å². The topological polar surface area (TPSA) is 92.1 Å². The molecule has 158 valence electrons. The number of furan rings is 1. The summed E-state index contributed by atoms with van der Waals surface area (Å²) >= 11 is 0. The van der Waals surface area contributed by atoms with Gasteiger partial charge < -0.3 is 14.5 Å². The Bertz CT molecular complexity index is 935. The normalized spacial score (nSPS) is 15.0. The van der Waals surface area contributed by atoms with Gasteiger partial charge in [0.1, 0.15) is 11.5 Å². The molecular formula is C20H27N3O5S. The summed E-state index contributed by atoms with van der Waals surface area (Å²) in [7, 11) is -2.00. The van der Waals surface area contributed by atoms with Crippen LogP contribution in [-0.2, 0) is 21.4 Å². The van der Waals surface area contributed by atoms with E-state index in [-0.39, 0.29) is 17.5 Å². The minimum Gasteiger partial charge on any atom is -0.497 e. The highest BCUT2D eigenvalue weighted by Gasteiger charge is 2.30. The fraction of sp³-hybridized carbons (Fsp3) is 0.450. The van der Waals surface area contributed by atoms with Crippen LogP contribution >= 0.6 is 0 Å². The van der Waals surface area contributed by atoms with Gasteiger partial charge in [0, 0.05) is 24.8 Å². The predicted octanol–water partition coefficient (Wildman–Crippen LogP) is 2.53. The maximum Gasteiger partial charge on any atom is 0.276 e. The van der Waals surface area contributed by atoms with E-state index in [2.05, 4.69) is 5.32 Å². The number of carbonyl (C=O) groups is 1. The second kappa shape index (κ2) is 9.43. The molecule has 2 aromatic rings. The van der Waals surface area contributed by atoms with Gasteiger partial charge in [0.15, 0.2) is 0 Å². The summed E-state index contributed by atoms with van der Waals surface area (Å²) in [4.78, 5) is 14.3. The number of ether oxygens (including phenoxy) is 1. The third kappa shape index (κ3) is 5.37. The van der Waals surface area contributed by atoms with E-state index in [1.165, 1.54) is 10.4 Å². The zero-order chi connectivity index (χ0) is 20.9. The van der Waals surface area contributed by atoms with Gasteiger partial charge in [-0.3, -0.25) is 9.69 Å². The number of nitrogens with one attached hydrogen (secondary N) is 1. The number of sulfonamides is 1. The monoisotopic (exact) mass is 421 g/mol. The van der Waals surface area contributed by atoms with Crippen LogP contribution in [0.1, 0.15) is 25.5 Å². The maximum atomic E-state index is 12.6. The number of amides is 1. The van der Waals surface area contributed by atoms with E-state index in [1.807, 2.05) is 11.8 Å². The molecule has 1 N–H and O–H groups in total. The zero-order valence-electron chi connectivity index (χ0n) is 16.8. The molecule has 0 spiro atoms. The van der Waals surface area contributed by atoms with Crippen molar-refractivity contribution in [3.05, 3.63) is 42.2 Å². The number of likely N-dealkylation sites (N-methyl/N-ethyl adjacent to an activating group) is 1. The summed E-state index contributed by atoms with van der Waals surface area (Å²) in [5.41, 5.74) is 0.655. The molecule has 1 saturated heterocycles. The van der Waals surface area contributed by atoms with Crippen molar-refractivity contribution in [3.63, 3.8) is 0 Å². The fourth-order valence-electron chi connectivity index (χ4n) is 3.24. The van der Waals surface area contributed by atoms with Crippen LogP contribution in [0.25, 0.3) is 0 Å². The van der Waals surface area contributed by atoms with Crippen molar-refractivity contribution < 1.29 is 22.4 Å². The average molecular weight is 422 g/mol. The number of hydrogen-bond donors (Lipinski definition) is 1. The van der Waals surface area contributed by atoms with Gasteiger partial charge in [0.2, 0.25) is 11.0 Å². The van der Waals surface area contributed by atoms with Crippen molar-refractivity contribution in [2.45, 2.75) is 31.4 Å². The molecule has 0 aliphatic carbocycles.